The van der Waals surface area contributed by atoms with E-state index in [9.17, 15) is 4.79 Å². The molecular weight excluding hydrogens is 374 g/mol. The van der Waals surface area contributed by atoms with Crippen molar-refractivity contribution in [2.45, 2.75) is 32.4 Å². The molecule has 1 aliphatic heterocycles. The topological polar surface area (TPSA) is 47.4 Å². The van der Waals surface area contributed by atoms with Gasteiger partial charge in [-0.25, -0.2) is 4.79 Å². The van der Waals surface area contributed by atoms with Gasteiger partial charge in [-0.3, -0.25) is 4.68 Å². The molecule has 2 aliphatic rings. The molecule has 1 saturated heterocycles. The molecule has 5 rings (SSSR count). The summed E-state index contributed by atoms with van der Waals surface area (Å²) in [5.41, 5.74) is 4.76. The number of hydrogen-bond donors (Lipinski definition) is 0. The molecule has 0 bridgehead atoms. The van der Waals surface area contributed by atoms with Gasteiger partial charge in [-0.1, -0.05) is 60.7 Å². The Morgan fingerprint density at radius 2 is 1.63 bits per heavy atom. The van der Waals surface area contributed by atoms with Gasteiger partial charge >= 0.3 is 6.09 Å². The Morgan fingerprint density at radius 3 is 2.27 bits per heavy atom. The van der Waals surface area contributed by atoms with E-state index in [4.69, 9.17) is 9.84 Å². The molecule has 2 fully saturated rings. The molecule has 2 atom stereocenters. The second-order valence-corrected chi connectivity index (χ2v) is 8.34. The molecule has 1 aliphatic carbocycles. The summed E-state index contributed by atoms with van der Waals surface area (Å²) in [5.74, 6) is 1.57. The number of likely N-dealkylation sites (tertiary alicyclic amines) is 1. The van der Waals surface area contributed by atoms with Gasteiger partial charge in [-0.2, -0.15) is 5.10 Å². The smallest absolute Gasteiger partial charge is 0.410 e. The van der Waals surface area contributed by atoms with E-state index in [1.54, 1.807) is 0 Å². The fourth-order valence-corrected chi connectivity index (χ4v) is 4.82. The van der Waals surface area contributed by atoms with Crippen LogP contribution < -0.4 is 0 Å². The van der Waals surface area contributed by atoms with E-state index in [1.165, 1.54) is 11.3 Å². The molecule has 2 aromatic carbocycles. The lowest BCUT2D eigenvalue weighted by Gasteiger charge is -2.19. The van der Waals surface area contributed by atoms with Crippen molar-refractivity contribution < 1.29 is 9.53 Å². The third-order valence-electron chi connectivity index (χ3n) is 6.39. The normalized spacial score (nSPS) is 22.0. The van der Waals surface area contributed by atoms with Gasteiger partial charge in [0.2, 0.25) is 0 Å². The minimum atomic E-state index is -0.196. The molecular formula is C25H27N3O2. The molecule has 5 nitrogen and oxygen atoms in total. The van der Waals surface area contributed by atoms with Gasteiger partial charge in [-0.15, -0.1) is 0 Å². The number of aromatic nitrogens is 2. The van der Waals surface area contributed by atoms with E-state index in [0.29, 0.717) is 24.4 Å². The number of amides is 1. The van der Waals surface area contributed by atoms with Crippen LogP contribution in [-0.2, 0) is 24.3 Å². The Hall–Kier alpha value is -3.08. The molecule has 3 aromatic rings. The van der Waals surface area contributed by atoms with E-state index in [2.05, 4.69) is 41.9 Å². The predicted octanol–water partition coefficient (Wildman–Crippen LogP) is 4.48. The van der Waals surface area contributed by atoms with Crippen molar-refractivity contribution in [1.82, 2.24) is 14.7 Å². The average Bonchev–Trinajstić information content (AvgIpc) is 3.11. The van der Waals surface area contributed by atoms with E-state index in [1.807, 2.05) is 41.3 Å². The lowest BCUT2D eigenvalue weighted by molar-refractivity contribution is 0.0997. The fraction of sp³-hybridized carbons (Fsp3) is 0.360. The van der Waals surface area contributed by atoms with Gasteiger partial charge in [-0.05, 0) is 36.0 Å². The zero-order valence-electron chi connectivity index (χ0n) is 17.3. The van der Waals surface area contributed by atoms with Crippen molar-refractivity contribution in [3.05, 3.63) is 89.2 Å². The minimum Gasteiger partial charge on any atom is -0.445 e. The van der Waals surface area contributed by atoms with Crippen LogP contribution in [0.25, 0.3) is 0 Å². The highest BCUT2D eigenvalue weighted by molar-refractivity contribution is 5.68. The van der Waals surface area contributed by atoms with Gasteiger partial charge < -0.3 is 9.64 Å². The van der Waals surface area contributed by atoms with Crippen LogP contribution in [0, 0.1) is 11.8 Å². The summed E-state index contributed by atoms with van der Waals surface area (Å²) in [6.07, 6.45) is 0.666. The zero-order chi connectivity index (χ0) is 20.5. The standard InChI is InChI=1S/C25H27N3O2/c1-2-28-23(14-20(26-28)13-18-9-5-3-6-10-18)24-21-15-27(16-22(21)24)25(29)30-17-19-11-7-4-8-12-19/h3-12,14,21-22,24H,2,13,15-17H2,1H3. The summed E-state index contributed by atoms with van der Waals surface area (Å²) in [6, 6.07) is 22.6. The first-order chi connectivity index (χ1) is 14.7. The Morgan fingerprint density at radius 1 is 1.00 bits per heavy atom. The Bertz CT molecular complexity index is 1000. The lowest BCUT2D eigenvalue weighted by atomic mass is 10.1. The number of nitrogens with zero attached hydrogens (tertiary/aromatic N) is 3. The average molecular weight is 402 g/mol. The van der Waals surface area contributed by atoms with E-state index in [0.717, 1.165) is 37.3 Å². The number of hydrogen-bond acceptors (Lipinski definition) is 3. The maximum atomic E-state index is 12.4. The molecule has 154 valence electrons. The molecule has 1 amide bonds. The first-order valence-electron chi connectivity index (χ1n) is 10.8. The highest BCUT2D eigenvalue weighted by Crippen LogP contribution is 2.58. The second kappa shape index (κ2) is 7.98. The SMILES string of the molecule is CCn1nc(Cc2ccccc2)cc1C1C2CN(C(=O)OCc3ccccc3)CC21. The van der Waals surface area contributed by atoms with Crippen molar-refractivity contribution >= 4 is 6.09 Å². The minimum absolute atomic E-state index is 0.196. The lowest BCUT2D eigenvalue weighted by Crippen LogP contribution is -2.32. The van der Waals surface area contributed by atoms with Crippen LogP contribution in [0.5, 0.6) is 0 Å². The fourth-order valence-electron chi connectivity index (χ4n) is 4.82. The maximum absolute atomic E-state index is 12.4. The van der Waals surface area contributed by atoms with Gasteiger partial charge in [0, 0.05) is 37.7 Å². The van der Waals surface area contributed by atoms with E-state index in [-0.39, 0.29) is 6.09 Å². The van der Waals surface area contributed by atoms with Crippen molar-refractivity contribution in [1.29, 1.82) is 0 Å². The third-order valence-corrected chi connectivity index (χ3v) is 6.39. The molecule has 0 spiro atoms. The van der Waals surface area contributed by atoms with Gasteiger partial charge in [0.05, 0.1) is 5.69 Å². The largest absolute Gasteiger partial charge is 0.445 e. The van der Waals surface area contributed by atoms with Crippen molar-refractivity contribution in [2.75, 3.05) is 13.1 Å². The maximum Gasteiger partial charge on any atom is 0.410 e. The number of ether oxygens (including phenoxy) is 1. The number of fused-ring (bicyclic) bond motifs is 1. The van der Waals surface area contributed by atoms with E-state index < -0.39 is 0 Å². The van der Waals surface area contributed by atoms with Gasteiger partial charge in [0.25, 0.3) is 0 Å². The molecule has 2 heterocycles. The number of carbonyl (C=O) groups is 1. The first-order valence-corrected chi connectivity index (χ1v) is 10.8. The summed E-state index contributed by atoms with van der Waals surface area (Å²) in [6.45, 7) is 4.93. The van der Waals surface area contributed by atoms with Crippen LogP contribution in [0.3, 0.4) is 0 Å². The van der Waals surface area contributed by atoms with Crippen LogP contribution in [0.15, 0.2) is 66.7 Å². The molecule has 5 heteroatoms. The Balaban J connectivity index is 1.19. The molecule has 2 unspecified atom stereocenters. The zero-order valence-corrected chi connectivity index (χ0v) is 17.3. The molecule has 30 heavy (non-hydrogen) atoms. The summed E-state index contributed by atoms with van der Waals surface area (Å²) >= 11 is 0. The highest BCUT2D eigenvalue weighted by Gasteiger charge is 2.58. The Labute approximate surface area is 177 Å². The molecule has 1 saturated carbocycles. The van der Waals surface area contributed by atoms with Crippen molar-refractivity contribution in [3.8, 4) is 0 Å². The number of aryl methyl sites for hydroxylation is 1. The number of carbonyl (C=O) groups excluding carboxylic acids is 1. The van der Waals surface area contributed by atoms with Crippen LogP contribution in [-0.4, -0.2) is 33.9 Å². The van der Waals surface area contributed by atoms with Crippen LogP contribution in [0.4, 0.5) is 4.79 Å². The Kier molecular flexibility index (Phi) is 5.03. The monoisotopic (exact) mass is 401 g/mol. The quantitative estimate of drug-likeness (QED) is 0.612. The second-order valence-electron chi connectivity index (χ2n) is 8.34. The number of rotatable bonds is 6. The summed E-state index contributed by atoms with van der Waals surface area (Å²) < 4.78 is 7.66. The predicted molar refractivity (Wildman–Crippen MR) is 115 cm³/mol. The summed E-state index contributed by atoms with van der Waals surface area (Å²) in [7, 11) is 0. The third kappa shape index (κ3) is 3.72. The van der Waals surface area contributed by atoms with Gasteiger partial charge in [0.1, 0.15) is 6.61 Å². The molecule has 1 aromatic heterocycles. The summed E-state index contributed by atoms with van der Waals surface area (Å²) in [4.78, 5) is 14.3. The molecule has 0 N–H and O–H groups in total. The van der Waals surface area contributed by atoms with Crippen LogP contribution >= 0.6 is 0 Å². The highest BCUT2D eigenvalue weighted by atomic mass is 16.6. The summed E-state index contributed by atoms with van der Waals surface area (Å²) in [5, 5.41) is 4.84. The number of piperidine rings is 1. The number of benzene rings is 2. The molecule has 0 radical (unpaired) electrons. The van der Waals surface area contributed by atoms with Gasteiger partial charge in [0.15, 0.2) is 0 Å². The van der Waals surface area contributed by atoms with Crippen molar-refractivity contribution in [2.24, 2.45) is 11.8 Å². The van der Waals surface area contributed by atoms with E-state index >= 15 is 0 Å². The van der Waals surface area contributed by atoms with Crippen LogP contribution in [0.1, 0.15) is 35.4 Å². The van der Waals surface area contributed by atoms with Crippen molar-refractivity contribution in [3.63, 3.8) is 0 Å². The van der Waals surface area contributed by atoms with Crippen LogP contribution in [0.2, 0.25) is 0 Å². The first kappa shape index (κ1) is 18.9.